The van der Waals surface area contributed by atoms with Gasteiger partial charge in [0.25, 0.3) is 0 Å². The zero-order chi connectivity index (χ0) is 46.0. The van der Waals surface area contributed by atoms with Gasteiger partial charge in [-0.3, -0.25) is 10.1 Å². The van der Waals surface area contributed by atoms with Gasteiger partial charge in [0, 0.05) is 56.8 Å². The van der Waals surface area contributed by atoms with Gasteiger partial charge in [0.2, 0.25) is 21.7 Å². The van der Waals surface area contributed by atoms with Crippen molar-refractivity contribution in [2.75, 3.05) is 58.3 Å². The molecule has 2 aliphatic carbocycles. The van der Waals surface area contributed by atoms with Gasteiger partial charge in [0.1, 0.15) is 29.6 Å². The molecule has 64 heavy (non-hydrogen) atoms. The molecule has 6 atom stereocenters. The third-order valence-electron chi connectivity index (χ3n) is 12.1. The van der Waals surface area contributed by atoms with E-state index in [1.54, 1.807) is 42.5 Å². The van der Waals surface area contributed by atoms with Crippen molar-refractivity contribution >= 4 is 39.1 Å². The number of hydrogen-bond donors (Lipinski definition) is 4. The quantitative estimate of drug-likeness (QED) is 0.0475. The van der Waals surface area contributed by atoms with Crippen LogP contribution in [0.25, 0.3) is 0 Å². The smallest absolute Gasteiger partial charge is 0.417 e. The SMILES string of the molecule is C=CCOC12Oc3ccc(OC(=O)Nc4ccc(OC)cc4OC)cc3C3C(CCCCO)C(CCCCO)C=C(C(=NOCC)CC1N(C)S(=O)(=O)c1ccc(NC(C)=O)cc1)C32. The predicted molar refractivity (Wildman–Crippen MR) is 241 cm³/mol. The first-order valence-corrected chi connectivity index (χ1v) is 23.1. The van der Waals surface area contributed by atoms with Crippen LogP contribution in [-0.2, 0) is 24.4 Å². The van der Waals surface area contributed by atoms with E-state index in [4.69, 9.17) is 28.5 Å². The molecule has 17 heteroatoms. The van der Waals surface area contributed by atoms with E-state index in [1.807, 2.05) is 6.92 Å². The number of aliphatic hydroxyl groups is 2. The molecular formula is C47H60N4O12S. The topological polar surface area (TPSA) is 204 Å². The molecule has 0 aromatic heterocycles. The number of hydrogen-bond acceptors (Lipinski definition) is 13. The Kier molecular flexibility index (Phi) is 16.1. The maximum atomic E-state index is 14.8. The van der Waals surface area contributed by atoms with Gasteiger partial charge in [-0.05, 0) is 105 Å². The Morgan fingerprint density at radius 2 is 1.69 bits per heavy atom. The summed E-state index contributed by atoms with van der Waals surface area (Å²) in [6.45, 7) is 7.45. The number of likely N-dealkylation sites (N-methyl/N-ethyl adjacent to an activating group) is 1. The van der Waals surface area contributed by atoms with Crippen molar-refractivity contribution < 1.29 is 56.7 Å². The zero-order valence-corrected chi connectivity index (χ0v) is 37.9. The summed E-state index contributed by atoms with van der Waals surface area (Å²) in [6.07, 6.45) is 7.06. The van der Waals surface area contributed by atoms with Crippen LogP contribution in [0.5, 0.6) is 23.0 Å². The maximum absolute atomic E-state index is 14.8. The first-order valence-electron chi connectivity index (χ1n) is 21.6. The van der Waals surface area contributed by atoms with E-state index in [2.05, 4.69) is 28.4 Å². The molecule has 3 aliphatic rings. The molecule has 0 bridgehead atoms. The average molecular weight is 905 g/mol. The highest BCUT2D eigenvalue weighted by molar-refractivity contribution is 7.89. The Morgan fingerprint density at radius 3 is 2.34 bits per heavy atom. The summed E-state index contributed by atoms with van der Waals surface area (Å²) in [5.74, 6) is -1.66. The standard InChI is InChI=1S/C47H60N4O12S/c1-7-25-60-47-43(51(4)64(56,57)35-19-15-32(16-20-35)48-30(3)54)29-40(50-61-8-2)37-26-31(13-9-11-23-52)36(14-10-12-24-53)44(45(37)47)38-27-34(18-22-41(38)63-47)62-46(55)49-39-21-17-33(58-5)28-42(39)59-6/h7,15-22,26-28,31,36,43-45,52-53H,1,8-14,23-25,29H2,2-6H3,(H,48,54)(H,49,55). The number of rotatable bonds is 21. The van der Waals surface area contributed by atoms with Gasteiger partial charge in [-0.15, -0.1) is 6.58 Å². The fraction of sp³-hybridized carbons (Fsp3) is 0.468. The largest absolute Gasteiger partial charge is 0.497 e. The number of nitrogens with zero attached hydrogens (tertiary/aromatic N) is 2. The third-order valence-corrected chi connectivity index (χ3v) is 14.0. The number of unbranched alkanes of at least 4 members (excludes halogenated alkanes) is 2. The van der Waals surface area contributed by atoms with Crippen LogP contribution in [0, 0.1) is 17.8 Å². The van der Waals surface area contributed by atoms with Crippen LogP contribution >= 0.6 is 0 Å². The van der Waals surface area contributed by atoms with Crippen LogP contribution in [0.2, 0.25) is 0 Å². The molecule has 2 amide bonds. The van der Waals surface area contributed by atoms with E-state index in [9.17, 15) is 28.2 Å². The van der Waals surface area contributed by atoms with Crippen molar-refractivity contribution in [1.82, 2.24) is 4.31 Å². The number of amides is 2. The minimum Gasteiger partial charge on any atom is -0.497 e. The van der Waals surface area contributed by atoms with E-state index in [-0.39, 0.29) is 61.2 Å². The van der Waals surface area contributed by atoms with Gasteiger partial charge in [0.15, 0.2) is 0 Å². The van der Waals surface area contributed by atoms with Gasteiger partial charge in [0.05, 0.1) is 49.1 Å². The molecule has 346 valence electrons. The number of anilines is 2. The number of carbonyl (C=O) groups is 2. The highest BCUT2D eigenvalue weighted by Crippen LogP contribution is 2.62. The van der Waals surface area contributed by atoms with E-state index >= 15 is 0 Å². The minimum atomic E-state index is -4.27. The number of nitrogens with one attached hydrogen (secondary N) is 2. The zero-order valence-electron chi connectivity index (χ0n) is 37.1. The van der Waals surface area contributed by atoms with Gasteiger partial charge in [-0.2, -0.15) is 4.31 Å². The molecule has 1 aliphatic heterocycles. The van der Waals surface area contributed by atoms with Gasteiger partial charge < -0.3 is 44.1 Å². The predicted octanol–water partition coefficient (Wildman–Crippen LogP) is 7.25. The van der Waals surface area contributed by atoms with E-state index < -0.39 is 39.8 Å². The number of methoxy groups -OCH3 is 2. The molecule has 1 saturated carbocycles. The van der Waals surface area contributed by atoms with Gasteiger partial charge >= 0.3 is 6.09 Å². The number of oxime groups is 1. The molecule has 0 saturated heterocycles. The summed E-state index contributed by atoms with van der Waals surface area (Å²) in [7, 11) is 0.238. The van der Waals surface area contributed by atoms with Crippen molar-refractivity contribution in [3.05, 3.63) is 90.5 Å². The van der Waals surface area contributed by atoms with Crippen LogP contribution in [0.15, 0.2) is 95.0 Å². The number of sulfonamides is 1. The van der Waals surface area contributed by atoms with Gasteiger partial charge in [-0.25, -0.2) is 13.2 Å². The Hall–Kier alpha value is -5.46. The van der Waals surface area contributed by atoms with Crippen LogP contribution < -0.4 is 29.6 Å². The van der Waals surface area contributed by atoms with Crippen LogP contribution in [-0.4, -0.2) is 100 Å². The van der Waals surface area contributed by atoms with Gasteiger partial charge in [-0.1, -0.05) is 30.1 Å². The molecular weight excluding hydrogens is 845 g/mol. The fourth-order valence-electron chi connectivity index (χ4n) is 9.30. The number of ether oxygens (including phenoxy) is 5. The molecule has 0 radical (unpaired) electrons. The lowest BCUT2D eigenvalue weighted by atomic mass is 9.55. The van der Waals surface area contributed by atoms with Crippen molar-refractivity contribution in [2.45, 2.75) is 81.4 Å². The van der Waals surface area contributed by atoms with Crippen molar-refractivity contribution in [2.24, 2.45) is 22.9 Å². The van der Waals surface area contributed by atoms with E-state index in [1.165, 1.54) is 56.8 Å². The molecule has 6 rings (SSSR count). The molecule has 0 spiro atoms. The number of fused-ring (bicyclic) bond motifs is 2. The second-order valence-electron chi connectivity index (χ2n) is 16.0. The normalized spacial score (nSPS) is 22.9. The summed E-state index contributed by atoms with van der Waals surface area (Å²) in [5.41, 5.74) is 2.86. The number of benzene rings is 3. The highest BCUT2D eigenvalue weighted by atomic mass is 32.2. The molecule has 4 N–H and O–H groups in total. The Bertz CT molecular complexity index is 2300. The van der Waals surface area contributed by atoms with Crippen LogP contribution in [0.4, 0.5) is 16.2 Å². The first kappa shape index (κ1) is 48.0. The molecule has 3 aromatic carbocycles. The Balaban J connectivity index is 1.52. The Morgan fingerprint density at radius 1 is 0.969 bits per heavy atom. The summed E-state index contributed by atoms with van der Waals surface area (Å²) < 4.78 is 61.5. The van der Waals surface area contributed by atoms with Crippen molar-refractivity contribution in [1.29, 1.82) is 0 Å². The molecule has 6 unspecified atom stereocenters. The maximum Gasteiger partial charge on any atom is 0.417 e. The number of carbonyl (C=O) groups excluding carboxylic acids is 2. The lowest BCUT2D eigenvalue weighted by Crippen LogP contribution is -2.69. The minimum absolute atomic E-state index is 0.00483. The van der Waals surface area contributed by atoms with E-state index in [0.29, 0.717) is 60.0 Å². The summed E-state index contributed by atoms with van der Waals surface area (Å²) in [5, 5.41) is 29.9. The number of allylic oxidation sites excluding steroid dienone is 1. The van der Waals surface area contributed by atoms with Crippen molar-refractivity contribution in [3.8, 4) is 23.0 Å². The summed E-state index contributed by atoms with van der Waals surface area (Å²) in [4.78, 5) is 31.0. The van der Waals surface area contributed by atoms with Crippen LogP contribution in [0.1, 0.15) is 70.3 Å². The summed E-state index contributed by atoms with van der Waals surface area (Å²) >= 11 is 0. The van der Waals surface area contributed by atoms with E-state index in [0.717, 1.165) is 24.0 Å². The second kappa shape index (κ2) is 21.5. The van der Waals surface area contributed by atoms with Crippen molar-refractivity contribution in [3.63, 3.8) is 0 Å². The van der Waals surface area contributed by atoms with Crippen LogP contribution in [0.3, 0.4) is 0 Å². The fourth-order valence-corrected chi connectivity index (χ4v) is 10.7. The lowest BCUT2D eigenvalue weighted by Gasteiger charge is -2.59. The first-order chi connectivity index (χ1) is 30.8. The monoisotopic (exact) mass is 904 g/mol. The molecule has 3 aromatic rings. The highest BCUT2D eigenvalue weighted by Gasteiger charge is 2.65. The Labute approximate surface area is 375 Å². The molecule has 16 nitrogen and oxygen atoms in total. The molecule has 1 heterocycles. The number of aliphatic hydroxyl groups excluding tert-OH is 2. The third kappa shape index (κ3) is 10.2. The summed E-state index contributed by atoms with van der Waals surface area (Å²) in [6, 6.07) is 15.0. The molecule has 1 fully saturated rings. The average Bonchev–Trinajstić information content (AvgIpc) is 3.28. The second-order valence-corrected chi connectivity index (χ2v) is 18.0. The lowest BCUT2D eigenvalue weighted by molar-refractivity contribution is -0.250.